The lowest BCUT2D eigenvalue weighted by Crippen LogP contribution is -2.08. The molecule has 0 aromatic heterocycles. The summed E-state index contributed by atoms with van der Waals surface area (Å²) in [7, 11) is 1.30. The van der Waals surface area contributed by atoms with Crippen LogP contribution in [-0.2, 0) is 13.8 Å². The first-order valence-corrected chi connectivity index (χ1v) is 9.38. The third-order valence-corrected chi connectivity index (χ3v) is 5.94. The molecule has 0 radical (unpaired) electrons. The van der Waals surface area contributed by atoms with Gasteiger partial charge >= 0.3 is 5.97 Å². The summed E-state index contributed by atoms with van der Waals surface area (Å²) in [6.45, 7) is 0.320. The van der Waals surface area contributed by atoms with Crippen molar-refractivity contribution in [2.75, 3.05) is 6.61 Å². The van der Waals surface area contributed by atoms with Gasteiger partial charge in [-0.15, -0.1) is 0 Å². The molecule has 1 aromatic carbocycles. The quantitative estimate of drug-likeness (QED) is 0.552. The number of hydrogen-bond donors (Lipinski definition) is 0. The van der Waals surface area contributed by atoms with Crippen molar-refractivity contribution in [2.24, 2.45) is 5.92 Å². The van der Waals surface area contributed by atoms with E-state index in [0.717, 1.165) is 12.5 Å². The van der Waals surface area contributed by atoms with Gasteiger partial charge in [-0.25, -0.2) is 13.2 Å². The molecule has 0 bridgehead atoms. The van der Waals surface area contributed by atoms with Crippen LogP contribution in [0.2, 0.25) is 5.02 Å². The molecule has 1 fully saturated rings. The maximum absolute atomic E-state index is 11.9. The van der Waals surface area contributed by atoms with Gasteiger partial charge < -0.3 is 4.74 Å². The molecule has 4 nitrogen and oxygen atoms in total. The van der Waals surface area contributed by atoms with Gasteiger partial charge in [0.15, 0.2) is 0 Å². The van der Waals surface area contributed by atoms with Crippen LogP contribution in [0.25, 0.3) is 0 Å². The summed E-state index contributed by atoms with van der Waals surface area (Å²) < 4.78 is 28.1. The fraction of sp³-hybridized carbons (Fsp3) is 0.417. The van der Waals surface area contributed by atoms with Crippen LogP contribution < -0.4 is 0 Å². The highest BCUT2D eigenvalue weighted by Crippen LogP contribution is 2.34. The van der Waals surface area contributed by atoms with Crippen molar-refractivity contribution < 1.29 is 17.9 Å². The van der Waals surface area contributed by atoms with Crippen LogP contribution in [0.15, 0.2) is 21.5 Å². The highest BCUT2D eigenvalue weighted by atomic mass is 79.9. The van der Waals surface area contributed by atoms with E-state index in [1.54, 1.807) is 0 Å². The topological polar surface area (TPSA) is 60.4 Å². The Hall–Kier alpha value is -0.300. The van der Waals surface area contributed by atoms with Gasteiger partial charge in [-0.3, -0.25) is 0 Å². The molecular weight excluding hydrogens is 391 g/mol. The van der Waals surface area contributed by atoms with Gasteiger partial charge in [-0.05, 0) is 40.4 Å². The van der Waals surface area contributed by atoms with E-state index < -0.39 is 15.0 Å². The van der Waals surface area contributed by atoms with Crippen molar-refractivity contribution in [3.05, 3.63) is 27.2 Å². The molecule has 0 aliphatic heterocycles. The minimum Gasteiger partial charge on any atom is -0.462 e. The largest absolute Gasteiger partial charge is 0.462 e. The number of esters is 1. The number of ether oxygens (including phenoxy) is 1. The zero-order valence-electron chi connectivity index (χ0n) is 10.2. The summed E-state index contributed by atoms with van der Waals surface area (Å²) in [5, 5.41) is 0.0841. The molecule has 20 heavy (non-hydrogen) atoms. The van der Waals surface area contributed by atoms with Gasteiger partial charge in [-0.1, -0.05) is 24.4 Å². The van der Waals surface area contributed by atoms with Gasteiger partial charge in [0, 0.05) is 10.7 Å². The molecule has 110 valence electrons. The molecule has 2 rings (SSSR count). The smallest absolute Gasteiger partial charge is 0.338 e. The van der Waals surface area contributed by atoms with Crippen LogP contribution >= 0.6 is 38.2 Å². The second kappa shape index (κ2) is 6.22. The van der Waals surface area contributed by atoms with Gasteiger partial charge in [-0.2, -0.15) is 0 Å². The molecule has 0 heterocycles. The van der Waals surface area contributed by atoms with Crippen molar-refractivity contribution in [1.29, 1.82) is 0 Å². The summed E-state index contributed by atoms with van der Waals surface area (Å²) >= 11 is 8.92. The van der Waals surface area contributed by atoms with Gasteiger partial charge in [0.1, 0.15) is 0 Å². The normalized spacial score (nSPS) is 15.2. The molecule has 0 amide bonds. The Kier molecular flexibility index (Phi) is 5.00. The van der Waals surface area contributed by atoms with Gasteiger partial charge in [0.25, 0.3) is 9.05 Å². The second-order valence-electron chi connectivity index (χ2n) is 4.58. The summed E-state index contributed by atoms with van der Waals surface area (Å²) in [5.41, 5.74) is 0.0632. The van der Waals surface area contributed by atoms with Crippen LogP contribution in [-0.4, -0.2) is 21.0 Å². The molecule has 0 spiro atoms. The zero-order valence-corrected chi connectivity index (χ0v) is 14.1. The molecular formula is C12H11BrCl2O4S. The average molecular weight is 402 g/mol. The standard InChI is InChI=1S/C12H11BrCl2O4S/c13-11-9(14)5-8(6-10(11)20(15,17)18)12(16)19-4-3-7-1-2-7/h5-7H,1-4H2. The molecule has 1 aliphatic rings. The summed E-state index contributed by atoms with van der Waals surface area (Å²) in [4.78, 5) is 11.6. The van der Waals surface area contributed by atoms with E-state index in [0.29, 0.717) is 12.5 Å². The maximum Gasteiger partial charge on any atom is 0.338 e. The minimum atomic E-state index is -4.00. The Morgan fingerprint density at radius 1 is 1.40 bits per heavy atom. The summed E-state index contributed by atoms with van der Waals surface area (Å²) in [6, 6.07) is 2.49. The Balaban J connectivity index is 2.18. The molecule has 0 unspecified atom stereocenters. The van der Waals surface area contributed by atoms with Crippen LogP contribution in [0.5, 0.6) is 0 Å². The first kappa shape index (κ1) is 16.1. The highest BCUT2D eigenvalue weighted by Gasteiger charge is 2.23. The summed E-state index contributed by atoms with van der Waals surface area (Å²) in [6.07, 6.45) is 3.18. The number of carbonyl (C=O) groups excluding carboxylic acids is 1. The Bertz CT molecular complexity index is 641. The molecule has 0 atom stereocenters. The van der Waals surface area contributed by atoms with E-state index >= 15 is 0 Å². The number of hydrogen-bond acceptors (Lipinski definition) is 4. The fourth-order valence-electron chi connectivity index (χ4n) is 1.67. The average Bonchev–Trinajstić information content (AvgIpc) is 3.14. The molecule has 1 aliphatic carbocycles. The van der Waals surface area contributed by atoms with Crippen molar-refractivity contribution in [3.8, 4) is 0 Å². The third kappa shape index (κ3) is 4.10. The van der Waals surface area contributed by atoms with Crippen LogP contribution in [0, 0.1) is 5.92 Å². The first-order valence-electron chi connectivity index (χ1n) is 5.90. The van der Waals surface area contributed by atoms with Crippen LogP contribution in [0.4, 0.5) is 0 Å². The minimum absolute atomic E-state index is 0.0632. The van der Waals surface area contributed by atoms with E-state index in [2.05, 4.69) is 15.9 Å². The lowest BCUT2D eigenvalue weighted by Gasteiger charge is -2.08. The second-order valence-corrected chi connectivity index (χ2v) is 8.31. The maximum atomic E-state index is 11.9. The SMILES string of the molecule is O=C(OCCC1CC1)c1cc(Cl)c(Br)c(S(=O)(=O)Cl)c1. The van der Waals surface area contributed by atoms with E-state index in [1.165, 1.54) is 18.9 Å². The van der Waals surface area contributed by atoms with Crippen molar-refractivity contribution in [3.63, 3.8) is 0 Å². The van der Waals surface area contributed by atoms with Crippen molar-refractivity contribution in [2.45, 2.75) is 24.2 Å². The lowest BCUT2D eigenvalue weighted by molar-refractivity contribution is 0.0494. The van der Waals surface area contributed by atoms with Crippen molar-refractivity contribution in [1.82, 2.24) is 0 Å². The molecule has 1 aromatic rings. The van der Waals surface area contributed by atoms with E-state index in [-0.39, 0.29) is 20.0 Å². The summed E-state index contributed by atoms with van der Waals surface area (Å²) in [5.74, 6) is 0.0386. The number of halogens is 3. The van der Waals surface area contributed by atoms with Gasteiger partial charge in [0.05, 0.1) is 26.6 Å². The lowest BCUT2D eigenvalue weighted by atomic mass is 10.2. The molecule has 0 saturated heterocycles. The fourth-order valence-corrected chi connectivity index (χ4v) is 4.05. The predicted molar refractivity (Wildman–Crippen MR) is 79.8 cm³/mol. The predicted octanol–water partition coefficient (Wildman–Crippen LogP) is 3.99. The number of rotatable bonds is 5. The molecule has 0 N–H and O–H groups in total. The first-order chi connectivity index (χ1) is 9.29. The number of benzene rings is 1. The Labute approximate surface area is 134 Å². The van der Waals surface area contributed by atoms with Crippen molar-refractivity contribution >= 4 is 53.2 Å². The number of carbonyl (C=O) groups is 1. The van der Waals surface area contributed by atoms with Crippen LogP contribution in [0.1, 0.15) is 29.6 Å². The molecule has 8 heteroatoms. The monoisotopic (exact) mass is 400 g/mol. The van der Waals surface area contributed by atoms with E-state index in [1.807, 2.05) is 0 Å². The molecule has 1 saturated carbocycles. The van der Waals surface area contributed by atoms with E-state index in [9.17, 15) is 13.2 Å². The third-order valence-electron chi connectivity index (χ3n) is 2.95. The van der Waals surface area contributed by atoms with Crippen LogP contribution in [0.3, 0.4) is 0 Å². The Morgan fingerprint density at radius 2 is 2.05 bits per heavy atom. The highest BCUT2D eigenvalue weighted by molar-refractivity contribution is 9.10. The van der Waals surface area contributed by atoms with E-state index in [4.69, 9.17) is 27.0 Å². The Morgan fingerprint density at radius 3 is 2.60 bits per heavy atom. The van der Waals surface area contributed by atoms with Gasteiger partial charge in [0.2, 0.25) is 0 Å². The zero-order chi connectivity index (χ0) is 14.9.